The van der Waals surface area contributed by atoms with Gasteiger partial charge in [0, 0.05) is 12.6 Å². The van der Waals surface area contributed by atoms with Gasteiger partial charge < -0.3 is 10.1 Å². The summed E-state index contributed by atoms with van der Waals surface area (Å²) in [5, 5.41) is 4.68. The van der Waals surface area contributed by atoms with Crippen LogP contribution in [0.4, 0.5) is 0 Å². The lowest BCUT2D eigenvalue weighted by Gasteiger charge is -2.14. The molecule has 1 N–H and O–H groups in total. The molecule has 0 spiro atoms. The van der Waals surface area contributed by atoms with Gasteiger partial charge in [0.1, 0.15) is 5.75 Å². The number of hydrogen-bond donors (Lipinski definition) is 1. The highest BCUT2D eigenvalue weighted by Gasteiger charge is 2.05. The second-order valence-electron chi connectivity index (χ2n) is 5.08. The lowest BCUT2D eigenvalue weighted by molar-refractivity contribution is 0.414. The van der Waals surface area contributed by atoms with E-state index in [9.17, 15) is 0 Å². The van der Waals surface area contributed by atoms with Crippen molar-refractivity contribution in [3.63, 3.8) is 0 Å². The standard InChI is InChI=1S/C17H19Cl2NO/c1-12(9-13-3-6-15(21-2)7-4-13)20-11-14-5-8-16(18)17(19)10-14/h3-8,10,12,20H,9,11H2,1-2H3/t12-/m0/s1. The monoisotopic (exact) mass is 323 g/mol. The van der Waals surface area contributed by atoms with Crippen LogP contribution in [0.15, 0.2) is 42.5 Å². The number of methoxy groups -OCH3 is 1. The molecule has 0 bridgehead atoms. The Morgan fingerprint density at radius 3 is 2.29 bits per heavy atom. The van der Waals surface area contributed by atoms with Gasteiger partial charge in [-0.2, -0.15) is 0 Å². The van der Waals surface area contributed by atoms with Crippen LogP contribution < -0.4 is 10.1 Å². The van der Waals surface area contributed by atoms with Gasteiger partial charge in [-0.25, -0.2) is 0 Å². The van der Waals surface area contributed by atoms with Crippen molar-refractivity contribution in [1.82, 2.24) is 5.32 Å². The van der Waals surface area contributed by atoms with E-state index in [0.717, 1.165) is 24.3 Å². The van der Waals surface area contributed by atoms with Gasteiger partial charge in [-0.1, -0.05) is 41.4 Å². The summed E-state index contributed by atoms with van der Waals surface area (Å²) in [5.41, 5.74) is 2.41. The van der Waals surface area contributed by atoms with Crippen LogP contribution in [-0.2, 0) is 13.0 Å². The van der Waals surface area contributed by atoms with E-state index < -0.39 is 0 Å². The van der Waals surface area contributed by atoms with Crippen molar-refractivity contribution in [3.8, 4) is 5.75 Å². The number of nitrogens with one attached hydrogen (secondary N) is 1. The summed E-state index contributed by atoms with van der Waals surface area (Å²) in [7, 11) is 1.68. The zero-order valence-corrected chi connectivity index (χ0v) is 13.7. The fourth-order valence-electron chi connectivity index (χ4n) is 2.13. The maximum Gasteiger partial charge on any atom is 0.118 e. The Kier molecular flexibility index (Phi) is 5.92. The largest absolute Gasteiger partial charge is 0.497 e. The van der Waals surface area contributed by atoms with E-state index in [1.54, 1.807) is 7.11 Å². The first kappa shape index (κ1) is 16.2. The number of rotatable bonds is 6. The van der Waals surface area contributed by atoms with Crippen LogP contribution in [0.2, 0.25) is 10.0 Å². The molecule has 2 aromatic carbocycles. The molecule has 21 heavy (non-hydrogen) atoms. The minimum Gasteiger partial charge on any atom is -0.497 e. The Morgan fingerprint density at radius 2 is 1.67 bits per heavy atom. The van der Waals surface area contributed by atoms with E-state index in [2.05, 4.69) is 24.4 Å². The maximum atomic E-state index is 6.02. The van der Waals surface area contributed by atoms with Gasteiger partial charge >= 0.3 is 0 Å². The van der Waals surface area contributed by atoms with Gasteiger partial charge in [-0.15, -0.1) is 0 Å². The molecule has 0 saturated carbocycles. The summed E-state index contributed by atoms with van der Waals surface area (Å²) < 4.78 is 5.16. The summed E-state index contributed by atoms with van der Waals surface area (Å²) in [6.07, 6.45) is 0.964. The lowest BCUT2D eigenvalue weighted by Crippen LogP contribution is -2.27. The molecule has 0 saturated heterocycles. The summed E-state index contributed by atoms with van der Waals surface area (Å²) >= 11 is 11.9. The SMILES string of the molecule is COc1ccc(C[C@H](C)NCc2ccc(Cl)c(Cl)c2)cc1. The molecule has 0 aliphatic heterocycles. The fraction of sp³-hybridized carbons (Fsp3) is 0.294. The van der Waals surface area contributed by atoms with Gasteiger partial charge in [0.15, 0.2) is 0 Å². The molecule has 112 valence electrons. The van der Waals surface area contributed by atoms with Crippen molar-refractivity contribution in [2.45, 2.75) is 25.9 Å². The predicted octanol–water partition coefficient (Wildman–Crippen LogP) is 4.72. The van der Waals surface area contributed by atoms with Crippen molar-refractivity contribution in [2.24, 2.45) is 0 Å². The first-order chi connectivity index (χ1) is 10.1. The Balaban J connectivity index is 1.86. The van der Waals surface area contributed by atoms with E-state index in [-0.39, 0.29) is 0 Å². The lowest BCUT2D eigenvalue weighted by atomic mass is 10.1. The quantitative estimate of drug-likeness (QED) is 0.830. The highest BCUT2D eigenvalue weighted by atomic mass is 35.5. The van der Waals surface area contributed by atoms with Gasteiger partial charge in [-0.05, 0) is 48.7 Å². The average molecular weight is 324 g/mol. The molecule has 0 radical (unpaired) electrons. The first-order valence-corrected chi connectivity index (χ1v) is 7.64. The number of ether oxygens (including phenoxy) is 1. The van der Waals surface area contributed by atoms with E-state index in [0.29, 0.717) is 16.1 Å². The third-order valence-corrected chi connectivity index (χ3v) is 4.08. The zero-order valence-electron chi connectivity index (χ0n) is 12.2. The normalized spacial score (nSPS) is 12.2. The Bertz CT molecular complexity index is 584. The maximum absolute atomic E-state index is 6.02. The molecule has 2 rings (SSSR count). The van der Waals surface area contributed by atoms with E-state index in [1.807, 2.05) is 30.3 Å². The van der Waals surface area contributed by atoms with Crippen molar-refractivity contribution in [3.05, 3.63) is 63.6 Å². The minimum atomic E-state index is 0.368. The Hall–Kier alpha value is -1.22. The van der Waals surface area contributed by atoms with Crippen LogP contribution in [0.1, 0.15) is 18.1 Å². The molecule has 2 nitrogen and oxygen atoms in total. The zero-order chi connectivity index (χ0) is 15.2. The fourth-order valence-corrected chi connectivity index (χ4v) is 2.45. The van der Waals surface area contributed by atoms with Crippen LogP contribution in [0, 0.1) is 0 Å². The first-order valence-electron chi connectivity index (χ1n) is 6.88. The molecule has 0 heterocycles. The number of benzene rings is 2. The molecule has 2 aromatic rings. The molecule has 1 atom stereocenters. The average Bonchev–Trinajstić information content (AvgIpc) is 2.49. The number of halogens is 2. The Morgan fingerprint density at radius 1 is 1.00 bits per heavy atom. The minimum absolute atomic E-state index is 0.368. The molecule has 0 fully saturated rings. The summed E-state index contributed by atoms with van der Waals surface area (Å²) in [4.78, 5) is 0. The third-order valence-electron chi connectivity index (χ3n) is 3.34. The molecular formula is C17H19Cl2NO. The number of hydrogen-bond acceptors (Lipinski definition) is 2. The van der Waals surface area contributed by atoms with Gasteiger partial charge in [0.2, 0.25) is 0 Å². The van der Waals surface area contributed by atoms with Crippen molar-refractivity contribution < 1.29 is 4.74 Å². The molecule has 0 aliphatic carbocycles. The van der Waals surface area contributed by atoms with Crippen LogP contribution in [-0.4, -0.2) is 13.2 Å². The second-order valence-corrected chi connectivity index (χ2v) is 5.90. The highest BCUT2D eigenvalue weighted by Crippen LogP contribution is 2.22. The smallest absolute Gasteiger partial charge is 0.118 e. The molecular weight excluding hydrogens is 305 g/mol. The van der Waals surface area contributed by atoms with Crippen LogP contribution in [0.5, 0.6) is 5.75 Å². The van der Waals surface area contributed by atoms with Gasteiger partial charge in [-0.3, -0.25) is 0 Å². The van der Waals surface area contributed by atoms with E-state index >= 15 is 0 Å². The van der Waals surface area contributed by atoms with Crippen molar-refractivity contribution in [2.75, 3.05) is 7.11 Å². The summed E-state index contributed by atoms with van der Waals surface area (Å²) in [6.45, 7) is 2.94. The van der Waals surface area contributed by atoms with Crippen LogP contribution >= 0.6 is 23.2 Å². The highest BCUT2D eigenvalue weighted by molar-refractivity contribution is 6.42. The van der Waals surface area contributed by atoms with E-state index in [1.165, 1.54) is 5.56 Å². The summed E-state index contributed by atoms with van der Waals surface area (Å²) in [6, 6.07) is 14.2. The second kappa shape index (κ2) is 7.69. The van der Waals surface area contributed by atoms with Gasteiger partial charge in [0.05, 0.1) is 17.2 Å². The van der Waals surface area contributed by atoms with Crippen LogP contribution in [0.25, 0.3) is 0 Å². The third kappa shape index (κ3) is 4.92. The van der Waals surface area contributed by atoms with E-state index in [4.69, 9.17) is 27.9 Å². The molecule has 0 aliphatic rings. The van der Waals surface area contributed by atoms with Crippen molar-refractivity contribution in [1.29, 1.82) is 0 Å². The molecule has 0 unspecified atom stereocenters. The Labute approximate surface area is 136 Å². The van der Waals surface area contributed by atoms with Gasteiger partial charge in [0.25, 0.3) is 0 Å². The molecule has 0 amide bonds. The topological polar surface area (TPSA) is 21.3 Å². The van der Waals surface area contributed by atoms with Crippen LogP contribution in [0.3, 0.4) is 0 Å². The predicted molar refractivity (Wildman–Crippen MR) is 89.5 cm³/mol. The molecule has 4 heteroatoms. The molecule has 0 aromatic heterocycles. The van der Waals surface area contributed by atoms with Crippen molar-refractivity contribution >= 4 is 23.2 Å². The summed E-state index contributed by atoms with van der Waals surface area (Å²) in [5.74, 6) is 0.884.